The summed E-state index contributed by atoms with van der Waals surface area (Å²) in [6.07, 6.45) is 0. The first-order chi connectivity index (χ1) is 14.2. The Morgan fingerprint density at radius 3 is 2.60 bits per heavy atom. The lowest BCUT2D eigenvalue weighted by molar-refractivity contribution is 0.0874. The van der Waals surface area contributed by atoms with E-state index in [-0.39, 0.29) is 18.2 Å². The van der Waals surface area contributed by atoms with Gasteiger partial charge in [-0.15, -0.1) is 0 Å². The topological polar surface area (TPSA) is 59.9 Å². The minimum Gasteiger partial charge on any atom is -0.361 e. The van der Waals surface area contributed by atoms with E-state index in [1.807, 2.05) is 18.2 Å². The number of fused-ring (bicyclic) bond motifs is 2. The van der Waals surface area contributed by atoms with Crippen molar-refractivity contribution in [2.24, 2.45) is 0 Å². The van der Waals surface area contributed by atoms with Crippen LogP contribution in [0, 0.1) is 5.82 Å². The number of benzene rings is 2. The number of rotatable bonds is 6. The number of imidazole rings is 1. The zero-order valence-corrected chi connectivity index (χ0v) is 18.9. The second kappa shape index (κ2) is 7.98. The Morgan fingerprint density at radius 2 is 1.90 bits per heavy atom. The van der Waals surface area contributed by atoms with Crippen LogP contribution in [0.25, 0.3) is 33.2 Å². The molecule has 0 aliphatic rings. The smallest absolute Gasteiger partial charge is 0.329 e. The van der Waals surface area contributed by atoms with Crippen LogP contribution in [0.4, 0.5) is 4.39 Å². The lowest BCUT2D eigenvalue weighted by Crippen LogP contribution is -2.24. The van der Waals surface area contributed by atoms with E-state index >= 15 is 0 Å². The molecule has 4 rings (SSSR count). The second-order valence-corrected chi connectivity index (χ2v) is 14.6. The van der Waals surface area contributed by atoms with Crippen LogP contribution >= 0.6 is 11.6 Å². The number of nitrogens with one attached hydrogen (secondary N) is 1. The molecule has 0 unspecified atom stereocenters. The maximum absolute atomic E-state index is 13.3. The van der Waals surface area contributed by atoms with Crippen LogP contribution in [-0.2, 0) is 11.5 Å². The van der Waals surface area contributed by atoms with Crippen LogP contribution < -0.4 is 5.69 Å². The quantitative estimate of drug-likeness (QED) is 0.309. The standard InChI is InChI=1S/C22H23ClFN3O2Si/c1-30(2,3)11-10-29-13-27-21-19(26-22(27)28)12-17-18(25-21)9-8-16(20(17)23)14-4-6-15(24)7-5-14/h4-9,12H,10-11,13H2,1-3H3,(H,26,28). The van der Waals surface area contributed by atoms with Gasteiger partial charge in [-0.1, -0.05) is 49.4 Å². The summed E-state index contributed by atoms with van der Waals surface area (Å²) < 4.78 is 20.5. The number of H-pyrrole nitrogens is 1. The molecule has 0 atom stereocenters. The summed E-state index contributed by atoms with van der Waals surface area (Å²) in [5.74, 6) is -0.301. The molecule has 0 aliphatic heterocycles. The first-order valence-electron chi connectivity index (χ1n) is 9.78. The molecule has 0 fully saturated rings. The minimum absolute atomic E-state index is 0.156. The van der Waals surface area contributed by atoms with Crippen LogP contribution in [0.2, 0.25) is 30.7 Å². The van der Waals surface area contributed by atoms with Gasteiger partial charge in [0.15, 0.2) is 5.65 Å². The maximum atomic E-state index is 13.3. The predicted molar refractivity (Wildman–Crippen MR) is 122 cm³/mol. The zero-order chi connectivity index (χ0) is 21.5. The van der Waals surface area contributed by atoms with Gasteiger partial charge in [0, 0.05) is 25.6 Å². The van der Waals surface area contributed by atoms with Gasteiger partial charge < -0.3 is 9.72 Å². The summed E-state index contributed by atoms with van der Waals surface area (Å²) in [4.78, 5) is 19.9. The van der Waals surface area contributed by atoms with E-state index < -0.39 is 8.07 Å². The van der Waals surface area contributed by atoms with Gasteiger partial charge >= 0.3 is 5.69 Å². The molecule has 0 saturated heterocycles. The van der Waals surface area contributed by atoms with Crippen LogP contribution in [-0.4, -0.2) is 29.2 Å². The summed E-state index contributed by atoms with van der Waals surface area (Å²) in [6.45, 7) is 7.63. The normalized spacial score (nSPS) is 12.2. The van der Waals surface area contributed by atoms with E-state index in [9.17, 15) is 9.18 Å². The molecule has 156 valence electrons. The molecule has 30 heavy (non-hydrogen) atoms. The minimum atomic E-state index is -1.20. The van der Waals surface area contributed by atoms with Crippen molar-refractivity contribution in [1.82, 2.24) is 14.5 Å². The van der Waals surface area contributed by atoms with Crippen LogP contribution in [0.5, 0.6) is 0 Å². The zero-order valence-electron chi connectivity index (χ0n) is 17.1. The van der Waals surface area contributed by atoms with Crippen molar-refractivity contribution >= 4 is 41.7 Å². The molecule has 1 N–H and O–H groups in total. The predicted octanol–water partition coefficient (Wildman–Crippen LogP) is 5.65. The molecule has 0 spiro atoms. The van der Waals surface area contributed by atoms with E-state index in [1.54, 1.807) is 12.1 Å². The van der Waals surface area contributed by atoms with Crippen molar-refractivity contribution in [2.45, 2.75) is 32.4 Å². The Balaban J connectivity index is 1.70. The Hall–Kier alpha value is -2.48. The third-order valence-corrected chi connectivity index (χ3v) is 7.14. The molecule has 0 amide bonds. The van der Waals surface area contributed by atoms with Gasteiger partial charge in [-0.05, 0) is 35.9 Å². The third-order valence-electron chi connectivity index (χ3n) is 5.03. The monoisotopic (exact) mass is 443 g/mol. The maximum Gasteiger partial charge on any atom is 0.329 e. The summed E-state index contributed by atoms with van der Waals surface area (Å²) in [5, 5.41) is 1.23. The van der Waals surface area contributed by atoms with Gasteiger partial charge in [-0.3, -0.25) is 4.57 Å². The number of aromatic nitrogens is 3. The summed E-state index contributed by atoms with van der Waals surface area (Å²) >= 11 is 6.65. The van der Waals surface area contributed by atoms with Crippen molar-refractivity contribution in [1.29, 1.82) is 0 Å². The molecule has 0 radical (unpaired) electrons. The molecular formula is C22H23ClFN3O2Si. The lowest BCUT2D eigenvalue weighted by atomic mass is 10.0. The summed E-state index contributed by atoms with van der Waals surface area (Å²) in [6, 6.07) is 12.7. The number of halogens is 2. The van der Waals surface area contributed by atoms with E-state index in [2.05, 4.69) is 29.6 Å². The Morgan fingerprint density at radius 1 is 1.17 bits per heavy atom. The molecule has 0 aliphatic carbocycles. The average Bonchev–Trinajstić information content (AvgIpc) is 2.99. The molecule has 8 heteroatoms. The number of hydrogen-bond acceptors (Lipinski definition) is 3. The molecule has 0 saturated carbocycles. The first-order valence-corrected chi connectivity index (χ1v) is 13.9. The Kier molecular flexibility index (Phi) is 5.53. The fourth-order valence-corrected chi connectivity index (χ4v) is 4.36. The second-order valence-electron chi connectivity index (χ2n) is 8.57. The van der Waals surface area contributed by atoms with Crippen molar-refractivity contribution in [3.05, 3.63) is 63.8 Å². The molecular weight excluding hydrogens is 421 g/mol. The van der Waals surface area contributed by atoms with Crippen LogP contribution in [0.3, 0.4) is 0 Å². The van der Waals surface area contributed by atoms with Gasteiger partial charge in [0.05, 0.1) is 16.1 Å². The van der Waals surface area contributed by atoms with Crippen molar-refractivity contribution < 1.29 is 9.13 Å². The highest BCUT2D eigenvalue weighted by atomic mass is 35.5. The van der Waals surface area contributed by atoms with E-state index in [1.165, 1.54) is 16.7 Å². The van der Waals surface area contributed by atoms with Gasteiger partial charge in [0.1, 0.15) is 12.5 Å². The third kappa shape index (κ3) is 4.19. The first kappa shape index (κ1) is 20.8. The largest absolute Gasteiger partial charge is 0.361 e. The van der Waals surface area contributed by atoms with Gasteiger partial charge in [-0.25, -0.2) is 14.2 Å². The highest BCUT2D eigenvalue weighted by Gasteiger charge is 2.15. The molecule has 0 bridgehead atoms. The number of ether oxygens (including phenoxy) is 1. The highest BCUT2D eigenvalue weighted by Crippen LogP contribution is 2.34. The van der Waals surface area contributed by atoms with Gasteiger partial charge in [0.2, 0.25) is 0 Å². The fraction of sp³-hybridized carbons (Fsp3) is 0.273. The summed E-state index contributed by atoms with van der Waals surface area (Å²) in [7, 11) is -1.20. The number of pyridine rings is 1. The van der Waals surface area contributed by atoms with E-state index in [4.69, 9.17) is 16.3 Å². The Bertz CT molecular complexity index is 1280. The molecule has 4 aromatic rings. The SMILES string of the molecule is C[Si](C)(C)CCOCn1c(=O)[nH]c2cc3c(Cl)c(-c4ccc(F)cc4)ccc3nc21. The molecule has 2 aromatic carbocycles. The Labute approximate surface area is 179 Å². The molecule has 2 heterocycles. The number of nitrogens with zero attached hydrogens (tertiary/aromatic N) is 2. The van der Waals surface area contributed by atoms with Crippen LogP contribution in [0.15, 0.2) is 47.3 Å². The van der Waals surface area contributed by atoms with Crippen molar-refractivity contribution in [3.8, 4) is 11.1 Å². The van der Waals surface area contributed by atoms with Crippen molar-refractivity contribution in [3.63, 3.8) is 0 Å². The fourth-order valence-electron chi connectivity index (χ4n) is 3.28. The van der Waals surface area contributed by atoms with Crippen LogP contribution in [0.1, 0.15) is 0 Å². The van der Waals surface area contributed by atoms with E-state index in [0.29, 0.717) is 28.3 Å². The highest BCUT2D eigenvalue weighted by molar-refractivity contribution is 6.76. The number of aromatic amines is 1. The van der Waals surface area contributed by atoms with Crippen molar-refractivity contribution in [2.75, 3.05) is 6.61 Å². The van der Waals surface area contributed by atoms with Gasteiger partial charge in [-0.2, -0.15) is 0 Å². The average molecular weight is 444 g/mol. The number of hydrogen-bond donors (Lipinski definition) is 1. The van der Waals surface area contributed by atoms with Gasteiger partial charge in [0.25, 0.3) is 0 Å². The van der Waals surface area contributed by atoms with E-state index in [0.717, 1.165) is 22.6 Å². The molecule has 5 nitrogen and oxygen atoms in total. The molecule has 2 aromatic heterocycles. The summed E-state index contributed by atoms with van der Waals surface area (Å²) in [5.41, 5.74) is 3.13. The lowest BCUT2D eigenvalue weighted by Gasteiger charge is -2.15.